The van der Waals surface area contributed by atoms with Crippen LogP contribution in [-0.2, 0) is 6.54 Å². The minimum Gasteiger partial charge on any atom is -0.508 e. The molecule has 2 aromatic carbocycles. The molecule has 3 heteroatoms. The van der Waals surface area contributed by atoms with E-state index in [1.165, 1.54) is 5.39 Å². The molecule has 2 rings (SSSR count). The zero-order chi connectivity index (χ0) is 15.4. The van der Waals surface area contributed by atoms with E-state index >= 15 is 0 Å². The lowest BCUT2D eigenvalue weighted by Gasteiger charge is -2.28. The quantitative estimate of drug-likeness (QED) is 0.856. The summed E-state index contributed by atoms with van der Waals surface area (Å²) in [6.07, 6.45) is 0. The minimum atomic E-state index is 0.368. The molecule has 0 aliphatic heterocycles. The predicted molar refractivity (Wildman–Crippen MR) is 89.6 cm³/mol. The van der Waals surface area contributed by atoms with E-state index in [4.69, 9.17) is 0 Å². The summed E-state index contributed by atoms with van der Waals surface area (Å²) in [4.78, 5) is 2.25. The largest absolute Gasteiger partial charge is 0.508 e. The van der Waals surface area contributed by atoms with Crippen molar-refractivity contribution in [3.05, 3.63) is 42.0 Å². The standard InChI is InChI=1S/C18H26N2O/c1-13(2)17(20(3)4)12-19-11-16-15-8-6-5-7-14(15)9-10-18(16)21/h5-10,13,17,19,21H,11-12H2,1-4H3. The highest BCUT2D eigenvalue weighted by atomic mass is 16.3. The highest BCUT2D eigenvalue weighted by molar-refractivity contribution is 5.87. The predicted octanol–water partition coefficient (Wildman–Crippen LogP) is 3.22. The molecule has 21 heavy (non-hydrogen) atoms. The molecule has 0 saturated carbocycles. The third-order valence-electron chi connectivity index (χ3n) is 4.10. The molecular formula is C18H26N2O. The molecule has 2 aromatic rings. The Morgan fingerprint density at radius 2 is 1.81 bits per heavy atom. The van der Waals surface area contributed by atoms with E-state index in [9.17, 15) is 5.11 Å². The maximum Gasteiger partial charge on any atom is 0.120 e. The van der Waals surface area contributed by atoms with Crippen LogP contribution >= 0.6 is 0 Å². The van der Waals surface area contributed by atoms with Crippen LogP contribution in [-0.4, -0.2) is 36.7 Å². The van der Waals surface area contributed by atoms with Crippen LogP contribution in [0.4, 0.5) is 0 Å². The van der Waals surface area contributed by atoms with Gasteiger partial charge in [0.2, 0.25) is 0 Å². The third-order valence-corrected chi connectivity index (χ3v) is 4.10. The molecule has 0 heterocycles. The average Bonchev–Trinajstić information content (AvgIpc) is 2.44. The van der Waals surface area contributed by atoms with Crippen LogP contribution in [0, 0.1) is 5.92 Å². The lowest BCUT2D eigenvalue weighted by molar-refractivity contribution is 0.224. The van der Waals surface area contributed by atoms with Gasteiger partial charge in [-0.3, -0.25) is 0 Å². The second-order valence-corrected chi connectivity index (χ2v) is 6.19. The van der Waals surface area contributed by atoms with Gasteiger partial charge in [0.1, 0.15) is 5.75 Å². The molecule has 0 bridgehead atoms. The van der Waals surface area contributed by atoms with Crippen LogP contribution in [0.25, 0.3) is 10.8 Å². The third kappa shape index (κ3) is 3.74. The van der Waals surface area contributed by atoms with Crippen molar-refractivity contribution in [1.82, 2.24) is 10.2 Å². The minimum absolute atomic E-state index is 0.368. The van der Waals surface area contributed by atoms with Crippen molar-refractivity contribution in [2.75, 3.05) is 20.6 Å². The van der Waals surface area contributed by atoms with Gasteiger partial charge in [0.15, 0.2) is 0 Å². The number of fused-ring (bicyclic) bond motifs is 1. The van der Waals surface area contributed by atoms with Crippen molar-refractivity contribution in [2.45, 2.75) is 26.4 Å². The molecule has 1 atom stereocenters. The second kappa shape index (κ2) is 6.92. The normalized spacial score (nSPS) is 13.2. The molecule has 2 N–H and O–H groups in total. The van der Waals surface area contributed by atoms with Gasteiger partial charge >= 0.3 is 0 Å². The summed E-state index contributed by atoms with van der Waals surface area (Å²) in [6.45, 7) is 6.07. The van der Waals surface area contributed by atoms with Gasteiger partial charge in [-0.15, -0.1) is 0 Å². The number of rotatable bonds is 6. The number of phenolic OH excluding ortho intramolecular Hbond substituents is 1. The van der Waals surface area contributed by atoms with E-state index in [-0.39, 0.29) is 0 Å². The lowest BCUT2D eigenvalue weighted by atomic mass is 10.0. The van der Waals surface area contributed by atoms with E-state index in [0.29, 0.717) is 24.3 Å². The Hall–Kier alpha value is -1.58. The smallest absolute Gasteiger partial charge is 0.120 e. The first-order chi connectivity index (χ1) is 10.0. The van der Waals surface area contributed by atoms with E-state index in [1.807, 2.05) is 18.2 Å². The molecule has 0 aliphatic rings. The van der Waals surface area contributed by atoms with Gasteiger partial charge in [0.25, 0.3) is 0 Å². The molecule has 0 amide bonds. The first-order valence-electron chi connectivity index (χ1n) is 7.57. The highest BCUT2D eigenvalue weighted by Crippen LogP contribution is 2.26. The van der Waals surface area contributed by atoms with Crippen LogP contribution in [0.2, 0.25) is 0 Å². The number of benzene rings is 2. The van der Waals surface area contributed by atoms with Crippen LogP contribution in [0.3, 0.4) is 0 Å². The number of nitrogens with zero attached hydrogens (tertiary/aromatic N) is 1. The lowest BCUT2D eigenvalue weighted by Crippen LogP contribution is -2.41. The summed E-state index contributed by atoms with van der Waals surface area (Å²) in [5.41, 5.74) is 0.981. The van der Waals surface area contributed by atoms with Crippen molar-refractivity contribution in [3.63, 3.8) is 0 Å². The number of hydrogen-bond donors (Lipinski definition) is 2. The Morgan fingerprint density at radius 1 is 1.10 bits per heavy atom. The number of aromatic hydroxyl groups is 1. The Bertz CT molecular complexity index is 585. The second-order valence-electron chi connectivity index (χ2n) is 6.19. The summed E-state index contributed by atoms with van der Waals surface area (Å²) < 4.78 is 0. The molecule has 0 saturated heterocycles. The van der Waals surface area contributed by atoms with E-state index in [0.717, 1.165) is 17.5 Å². The van der Waals surface area contributed by atoms with Crippen molar-refractivity contribution >= 4 is 10.8 Å². The molecule has 3 nitrogen and oxygen atoms in total. The van der Waals surface area contributed by atoms with Gasteiger partial charge in [-0.05, 0) is 36.9 Å². The van der Waals surface area contributed by atoms with E-state index in [1.54, 1.807) is 6.07 Å². The highest BCUT2D eigenvalue weighted by Gasteiger charge is 2.15. The van der Waals surface area contributed by atoms with Crippen molar-refractivity contribution in [3.8, 4) is 5.75 Å². The van der Waals surface area contributed by atoms with Gasteiger partial charge in [0, 0.05) is 24.7 Å². The zero-order valence-electron chi connectivity index (χ0n) is 13.4. The van der Waals surface area contributed by atoms with Crippen LogP contribution in [0.1, 0.15) is 19.4 Å². The first-order valence-corrected chi connectivity index (χ1v) is 7.57. The summed E-state index contributed by atoms with van der Waals surface area (Å²) >= 11 is 0. The SMILES string of the molecule is CC(C)C(CNCc1c(O)ccc2ccccc12)N(C)C. The van der Waals surface area contributed by atoms with Gasteiger partial charge in [-0.1, -0.05) is 44.2 Å². The van der Waals surface area contributed by atoms with Gasteiger partial charge in [-0.2, -0.15) is 0 Å². The molecule has 0 aliphatic carbocycles. The number of likely N-dealkylation sites (N-methyl/N-ethyl adjacent to an activating group) is 1. The fourth-order valence-corrected chi connectivity index (χ4v) is 2.87. The summed E-state index contributed by atoms with van der Waals surface area (Å²) in [7, 11) is 4.23. The topological polar surface area (TPSA) is 35.5 Å². The molecule has 1 unspecified atom stereocenters. The number of hydrogen-bond acceptors (Lipinski definition) is 3. The Kier molecular flexibility index (Phi) is 5.21. The van der Waals surface area contributed by atoms with Gasteiger partial charge in [-0.25, -0.2) is 0 Å². The summed E-state index contributed by atoms with van der Waals surface area (Å²) in [5.74, 6) is 0.959. The molecule has 0 fully saturated rings. The molecule has 114 valence electrons. The van der Waals surface area contributed by atoms with Crippen molar-refractivity contribution in [1.29, 1.82) is 0 Å². The number of nitrogens with one attached hydrogen (secondary N) is 1. The monoisotopic (exact) mass is 286 g/mol. The Labute approximate surface area is 127 Å². The van der Waals surface area contributed by atoms with Crippen LogP contribution in [0.5, 0.6) is 5.75 Å². The maximum atomic E-state index is 10.1. The summed E-state index contributed by atoms with van der Waals surface area (Å²) in [6, 6.07) is 12.4. The van der Waals surface area contributed by atoms with Crippen LogP contribution in [0.15, 0.2) is 36.4 Å². The average molecular weight is 286 g/mol. The van der Waals surface area contributed by atoms with E-state index < -0.39 is 0 Å². The van der Waals surface area contributed by atoms with Gasteiger partial charge in [0.05, 0.1) is 0 Å². The maximum absolute atomic E-state index is 10.1. The Morgan fingerprint density at radius 3 is 2.48 bits per heavy atom. The molecule has 0 spiro atoms. The van der Waals surface area contributed by atoms with Crippen molar-refractivity contribution < 1.29 is 5.11 Å². The molecule has 0 radical (unpaired) electrons. The van der Waals surface area contributed by atoms with Gasteiger partial charge < -0.3 is 15.3 Å². The fraction of sp³-hybridized carbons (Fsp3) is 0.444. The first kappa shape index (κ1) is 15.8. The zero-order valence-corrected chi connectivity index (χ0v) is 13.4. The van der Waals surface area contributed by atoms with Crippen molar-refractivity contribution in [2.24, 2.45) is 5.92 Å². The van der Waals surface area contributed by atoms with Crippen LogP contribution < -0.4 is 5.32 Å². The molecule has 0 aromatic heterocycles. The summed E-state index contributed by atoms with van der Waals surface area (Å²) in [5, 5.41) is 15.9. The fourth-order valence-electron chi connectivity index (χ4n) is 2.87. The number of phenols is 1. The molecular weight excluding hydrogens is 260 g/mol. The Balaban J connectivity index is 2.12. The van der Waals surface area contributed by atoms with E-state index in [2.05, 4.69) is 50.3 Å².